The van der Waals surface area contributed by atoms with Gasteiger partial charge >= 0.3 is 5.97 Å². The normalized spacial score (nSPS) is 13.2. The van der Waals surface area contributed by atoms with Crippen LogP contribution in [0.1, 0.15) is 45.6 Å². The Balaban J connectivity index is 2.81. The van der Waals surface area contributed by atoms with Gasteiger partial charge in [0.25, 0.3) is 0 Å². The molecule has 20 heavy (non-hydrogen) atoms. The highest BCUT2D eigenvalue weighted by molar-refractivity contribution is 6.30. The summed E-state index contributed by atoms with van der Waals surface area (Å²) in [5.74, 6) is -1.30. The van der Waals surface area contributed by atoms with Gasteiger partial charge in [0.2, 0.25) is 0 Å². The summed E-state index contributed by atoms with van der Waals surface area (Å²) in [5, 5.41) is 10.0. The van der Waals surface area contributed by atoms with E-state index in [0.717, 1.165) is 12.1 Å². The van der Waals surface area contributed by atoms with Crippen molar-refractivity contribution in [2.24, 2.45) is 0 Å². The molecule has 0 saturated carbocycles. The number of hydrogen-bond acceptors (Lipinski definition) is 2. The molecular weight excluding hydrogens is 274 g/mol. The maximum absolute atomic E-state index is 11.5. The van der Waals surface area contributed by atoms with Crippen molar-refractivity contribution in [1.29, 1.82) is 0 Å². The van der Waals surface area contributed by atoms with Crippen LogP contribution in [-0.2, 0) is 4.79 Å². The molecule has 0 spiro atoms. The first kappa shape index (κ1) is 17.0. The van der Waals surface area contributed by atoms with Crippen LogP contribution in [0.4, 0.5) is 0 Å². The van der Waals surface area contributed by atoms with E-state index in [1.54, 1.807) is 18.2 Å². The second-order valence-corrected chi connectivity index (χ2v) is 6.10. The monoisotopic (exact) mass is 297 g/mol. The average Bonchev–Trinajstić information content (AvgIpc) is 2.32. The van der Waals surface area contributed by atoms with Gasteiger partial charge in [-0.05, 0) is 58.4 Å². The van der Waals surface area contributed by atoms with E-state index < -0.39 is 11.9 Å². The van der Waals surface area contributed by atoms with Crippen LogP contribution in [0, 0.1) is 0 Å². The highest BCUT2D eigenvalue weighted by Crippen LogP contribution is 2.24. The fourth-order valence-corrected chi connectivity index (χ4v) is 2.75. The zero-order chi connectivity index (χ0) is 15.3. The smallest absolute Gasteiger partial charge is 0.311 e. The van der Waals surface area contributed by atoms with Crippen molar-refractivity contribution in [3.63, 3.8) is 0 Å². The van der Waals surface area contributed by atoms with Gasteiger partial charge in [-0.3, -0.25) is 9.69 Å². The average molecular weight is 298 g/mol. The van der Waals surface area contributed by atoms with Crippen LogP contribution >= 0.6 is 11.6 Å². The molecule has 0 unspecified atom stereocenters. The van der Waals surface area contributed by atoms with E-state index in [1.165, 1.54) is 0 Å². The first-order valence-corrected chi connectivity index (χ1v) is 7.44. The Morgan fingerprint density at radius 2 is 1.85 bits per heavy atom. The van der Waals surface area contributed by atoms with Gasteiger partial charge in [0.15, 0.2) is 0 Å². The minimum Gasteiger partial charge on any atom is -0.481 e. The number of carboxylic acids is 1. The fourth-order valence-electron chi connectivity index (χ4n) is 2.55. The van der Waals surface area contributed by atoms with Crippen LogP contribution in [0.3, 0.4) is 0 Å². The van der Waals surface area contributed by atoms with Crippen molar-refractivity contribution < 1.29 is 9.90 Å². The van der Waals surface area contributed by atoms with Crippen molar-refractivity contribution in [2.75, 3.05) is 6.54 Å². The molecule has 4 heteroatoms. The molecule has 0 aliphatic heterocycles. The lowest BCUT2D eigenvalue weighted by Gasteiger charge is -2.31. The lowest BCUT2D eigenvalue weighted by atomic mass is 9.95. The van der Waals surface area contributed by atoms with Gasteiger partial charge in [0, 0.05) is 17.1 Å². The molecule has 0 saturated heterocycles. The van der Waals surface area contributed by atoms with Crippen LogP contribution in [0.5, 0.6) is 0 Å². The van der Waals surface area contributed by atoms with Gasteiger partial charge in [-0.15, -0.1) is 0 Å². The first-order valence-electron chi connectivity index (χ1n) is 7.07. The second-order valence-electron chi connectivity index (χ2n) is 5.66. The van der Waals surface area contributed by atoms with Crippen LogP contribution in [-0.4, -0.2) is 34.6 Å². The van der Waals surface area contributed by atoms with E-state index in [1.807, 2.05) is 6.07 Å². The van der Waals surface area contributed by atoms with E-state index >= 15 is 0 Å². The van der Waals surface area contributed by atoms with Gasteiger partial charge in [0.05, 0.1) is 5.92 Å². The number of benzene rings is 1. The highest BCUT2D eigenvalue weighted by atomic mass is 35.5. The van der Waals surface area contributed by atoms with E-state index in [0.29, 0.717) is 23.5 Å². The molecule has 1 N–H and O–H groups in total. The molecule has 112 valence electrons. The van der Waals surface area contributed by atoms with Gasteiger partial charge in [-0.25, -0.2) is 0 Å². The summed E-state index contributed by atoms with van der Waals surface area (Å²) in [4.78, 5) is 13.8. The molecule has 0 heterocycles. The van der Waals surface area contributed by atoms with E-state index in [2.05, 4.69) is 32.6 Å². The van der Waals surface area contributed by atoms with Crippen molar-refractivity contribution in [2.45, 2.75) is 52.1 Å². The molecule has 3 nitrogen and oxygen atoms in total. The summed E-state index contributed by atoms with van der Waals surface area (Å²) in [5.41, 5.74) is 0.775. The van der Waals surface area contributed by atoms with Crippen molar-refractivity contribution in [3.05, 3.63) is 34.9 Å². The van der Waals surface area contributed by atoms with Crippen molar-refractivity contribution in [3.8, 4) is 0 Å². The molecule has 1 aromatic carbocycles. The molecule has 0 bridgehead atoms. The Morgan fingerprint density at radius 3 is 2.30 bits per heavy atom. The summed E-state index contributed by atoms with van der Waals surface area (Å²) < 4.78 is 0. The van der Waals surface area contributed by atoms with Crippen molar-refractivity contribution >= 4 is 17.6 Å². The summed E-state index contributed by atoms with van der Waals surface area (Å²) >= 11 is 5.95. The molecule has 0 fully saturated rings. The number of rotatable bonds is 7. The Labute approximate surface area is 126 Å². The summed E-state index contributed by atoms with van der Waals surface area (Å²) in [7, 11) is 0. The molecule has 0 radical (unpaired) electrons. The predicted octanol–water partition coefficient (Wildman–Crippen LogP) is 4.02. The van der Waals surface area contributed by atoms with Crippen molar-refractivity contribution in [1.82, 2.24) is 4.90 Å². The Kier molecular flexibility index (Phi) is 6.50. The minimum absolute atomic E-state index is 0.406. The number of carbonyl (C=O) groups is 1. The minimum atomic E-state index is -0.792. The summed E-state index contributed by atoms with van der Waals surface area (Å²) in [6, 6.07) is 7.96. The van der Waals surface area contributed by atoms with E-state index in [9.17, 15) is 9.90 Å². The zero-order valence-corrected chi connectivity index (χ0v) is 13.4. The molecule has 0 amide bonds. The van der Waals surface area contributed by atoms with Gasteiger partial charge < -0.3 is 5.11 Å². The SMILES string of the molecule is CC(C)N(CC[C@@H](C(=O)O)c1cccc(Cl)c1)C(C)C. The van der Waals surface area contributed by atoms with Gasteiger partial charge in [-0.1, -0.05) is 23.7 Å². The lowest BCUT2D eigenvalue weighted by molar-refractivity contribution is -0.139. The third kappa shape index (κ3) is 4.80. The maximum Gasteiger partial charge on any atom is 0.311 e. The first-order chi connectivity index (χ1) is 9.32. The lowest BCUT2D eigenvalue weighted by Crippen LogP contribution is -2.38. The number of nitrogens with zero attached hydrogens (tertiary/aromatic N) is 1. The van der Waals surface area contributed by atoms with Crippen LogP contribution in [0.15, 0.2) is 24.3 Å². The number of aliphatic carboxylic acids is 1. The predicted molar refractivity (Wildman–Crippen MR) is 83.4 cm³/mol. The standard InChI is InChI=1S/C16H24ClNO2/c1-11(2)18(12(3)4)9-8-15(16(19)20)13-6-5-7-14(17)10-13/h5-7,10-12,15H,8-9H2,1-4H3,(H,19,20)/t15-/m1/s1. The molecule has 1 atom stereocenters. The van der Waals surface area contributed by atoms with Crippen LogP contribution in [0.2, 0.25) is 5.02 Å². The van der Waals surface area contributed by atoms with Crippen LogP contribution < -0.4 is 0 Å². The van der Waals surface area contributed by atoms with E-state index in [4.69, 9.17) is 11.6 Å². The number of hydrogen-bond donors (Lipinski definition) is 1. The van der Waals surface area contributed by atoms with Gasteiger partial charge in [0.1, 0.15) is 0 Å². The molecule has 0 aliphatic rings. The third-order valence-electron chi connectivity index (χ3n) is 3.55. The molecule has 1 aromatic rings. The fraction of sp³-hybridized carbons (Fsp3) is 0.562. The van der Waals surface area contributed by atoms with E-state index in [-0.39, 0.29) is 0 Å². The molecule has 0 aliphatic carbocycles. The summed E-state index contributed by atoms with van der Waals surface area (Å²) in [6.45, 7) is 9.30. The Bertz CT molecular complexity index is 438. The Hall–Kier alpha value is -1.06. The number of halogens is 1. The molecule has 0 aromatic heterocycles. The highest BCUT2D eigenvalue weighted by Gasteiger charge is 2.22. The zero-order valence-electron chi connectivity index (χ0n) is 12.6. The largest absolute Gasteiger partial charge is 0.481 e. The quantitative estimate of drug-likeness (QED) is 0.826. The van der Waals surface area contributed by atoms with Crippen LogP contribution in [0.25, 0.3) is 0 Å². The van der Waals surface area contributed by atoms with Gasteiger partial charge in [-0.2, -0.15) is 0 Å². The summed E-state index contributed by atoms with van der Waals surface area (Å²) in [6.07, 6.45) is 0.589. The third-order valence-corrected chi connectivity index (χ3v) is 3.79. The Morgan fingerprint density at radius 1 is 1.25 bits per heavy atom. The topological polar surface area (TPSA) is 40.5 Å². The number of carboxylic acid groups (broad SMARTS) is 1. The molecule has 1 rings (SSSR count). The molecular formula is C16H24ClNO2. The second kappa shape index (κ2) is 7.65. The maximum atomic E-state index is 11.5.